The van der Waals surface area contributed by atoms with Crippen molar-refractivity contribution in [1.82, 2.24) is 0 Å². The Morgan fingerprint density at radius 1 is 0.933 bits per heavy atom. The van der Waals surface area contributed by atoms with E-state index in [1.165, 1.54) is 75.6 Å². The van der Waals surface area contributed by atoms with Gasteiger partial charge in [0.2, 0.25) is 0 Å². The lowest BCUT2D eigenvalue weighted by molar-refractivity contribution is -0.253. The molecule has 0 heterocycles. The topological polar surface area (TPSA) is 9.23 Å². The van der Waals surface area contributed by atoms with E-state index in [4.69, 9.17) is 0 Å². The second-order valence-corrected chi connectivity index (χ2v) is 8.94. The van der Waals surface area contributed by atoms with Gasteiger partial charge in [-0.1, -0.05) is 44.4 Å². The summed E-state index contributed by atoms with van der Waals surface area (Å²) in [5.74, 6) is 9.18. The number of halogens is 4. The fourth-order valence-electron chi connectivity index (χ4n) is 5.08. The summed E-state index contributed by atoms with van der Waals surface area (Å²) in [7, 11) is 0. The van der Waals surface area contributed by atoms with Crippen molar-refractivity contribution in [2.45, 2.75) is 83.7 Å². The molecule has 0 saturated heterocycles. The van der Waals surface area contributed by atoms with Crippen molar-refractivity contribution in [3.8, 4) is 17.6 Å². The highest BCUT2D eigenvalue weighted by molar-refractivity contribution is 5.38. The van der Waals surface area contributed by atoms with Crippen LogP contribution >= 0.6 is 0 Å². The van der Waals surface area contributed by atoms with Crippen LogP contribution in [0.3, 0.4) is 0 Å². The molecule has 0 unspecified atom stereocenters. The SMILES string of the molecule is CCC[C@H]1CC[C@H]([C@H]2CC[C@H](C#Cc3ccc(OC(F)(F)C(F)F)cc3)CC2)CC1. The lowest BCUT2D eigenvalue weighted by atomic mass is 9.69. The average molecular weight is 425 g/mol. The van der Waals surface area contributed by atoms with E-state index in [0.29, 0.717) is 11.5 Å². The molecule has 0 bridgehead atoms. The van der Waals surface area contributed by atoms with Crippen LogP contribution in [0.4, 0.5) is 17.6 Å². The highest BCUT2D eigenvalue weighted by atomic mass is 19.3. The van der Waals surface area contributed by atoms with Crippen LogP contribution in [0.2, 0.25) is 0 Å². The van der Waals surface area contributed by atoms with Gasteiger partial charge in [0, 0.05) is 11.5 Å². The van der Waals surface area contributed by atoms with Crippen LogP contribution in [0.1, 0.15) is 76.7 Å². The molecule has 30 heavy (non-hydrogen) atoms. The molecule has 2 aliphatic carbocycles. The third kappa shape index (κ3) is 6.40. The van der Waals surface area contributed by atoms with E-state index in [1.54, 1.807) is 0 Å². The molecule has 1 nitrogen and oxygen atoms in total. The van der Waals surface area contributed by atoms with Crippen molar-refractivity contribution in [2.24, 2.45) is 23.7 Å². The Bertz CT molecular complexity index is 703. The lowest BCUT2D eigenvalue weighted by Gasteiger charge is -2.37. The van der Waals surface area contributed by atoms with Gasteiger partial charge in [0.15, 0.2) is 0 Å². The number of rotatable bonds is 6. The second-order valence-electron chi connectivity index (χ2n) is 8.94. The molecule has 5 heteroatoms. The summed E-state index contributed by atoms with van der Waals surface area (Å²) < 4.78 is 54.4. The van der Waals surface area contributed by atoms with Crippen molar-refractivity contribution < 1.29 is 22.3 Å². The highest BCUT2D eigenvalue weighted by Gasteiger charge is 2.43. The first-order chi connectivity index (χ1) is 14.4. The Kier molecular flexibility index (Phi) is 8.08. The number of benzene rings is 1. The first kappa shape index (κ1) is 23.0. The van der Waals surface area contributed by atoms with Crippen molar-refractivity contribution in [3.05, 3.63) is 29.8 Å². The molecule has 1 aromatic rings. The van der Waals surface area contributed by atoms with Gasteiger partial charge in [-0.05, 0) is 80.5 Å². The van der Waals surface area contributed by atoms with Crippen molar-refractivity contribution in [2.75, 3.05) is 0 Å². The van der Waals surface area contributed by atoms with E-state index in [2.05, 4.69) is 23.5 Å². The minimum Gasteiger partial charge on any atom is -0.428 e. The van der Waals surface area contributed by atoms with Crippen LogP contribution in [0, 0.1) is 35.5 Å². The molecule has 2 saturated carbocycles. The summed E-state index contributed by atoms with van der Waals surface area (Å²) in [6.07, 6.45) is 4.67. The average Bonchev–Trinajstić information content (AvgIpc) is 2.74. The molecule has 0 aliphatic heterocycles. The molecule has 1 aromatic carbocycles. The summed E-state index contributed by atoms with van der Waals surface area (Å²) >= 11 is 0. The predicted molar refractivity (Wildman–Crippen MR) is 111 cm³/mol. The monoisotopic (exact) mass is 424 g/mol. The van der Waals surface area contributed by atoms with Gasteiger partial charge in [-0.2, -0.15) is 17.6 Å². The summed E-state index contributed by atoms with van der Waals surface area (Å²) in [5, 5.41) is 0. The second kappa shape index (κ2) is 10.6. The Hall–Kier alpha value is -1.70. The van der Waals surface area contributed by atoms with Gasteiger partial charge in [0.05, 0.1) is 0 Å². The molecule has 0 radical (unpaired) electrons. The number of ether oxygens (including phenoxy) is 1. The van der Waals surface area contributed by atoms with Crippen molar-refractivity contribution in [3.63, 3.8) is 0 Å². The standard InChI is InChI=1S/C25H32F4O/c1-2-3-18-6-12-21(13-7-18)22-14-8-19(9-15-22)4-5-20-10-16-23(17-11-20)30-25(28,29)24(26)27/h10-11,16-19,21-22,24H,2-3,6-9,12-15H2,1H3/t18-,19-,21-,22-. The van der Waals surface area contributed by atoms with E-state index in [-0.39, 0.29) is 5.75 Å². The van der Waals surface area contributed by atoms with Gasteiger partial charge in [0.1, 0.15) is 5.75 Å². The zero-order chi connectivity index (χ0) is 21.6. The van der Waals surface area contributed by atoms with Gasteiger partial charge >= 0.3 is 12.5 Å². The number of hydrogen-bond acceptors (Lipinski definition) is 1. The molecule has 0 atom stereocenters. The number of alkyl halides is 4. The van der Waals surface area contributed by atoms with E-state index in [9.17, 15) is 17.6 Å². The van der Waals surface area contributed by atoms with E-state index >= 15 is 0 Å². The minimum absolute atomic E-state index is 0.292. The molecule has 3 rings (SSSR count). The maximum absolute atomic E-state index is 12.9. The molecule has 166 valence electrons. The quantitative estimate of drug-likeness (QED) is 0.336. The fourth-order valence-corrected chi connectivity index (χ4v) is 5.08. The van der Waals surface area contributed by atoms with Crippen LogP contribution in [0.5, 0.6) is 5.75 Å². The Morgan fingerprint density at radius 2 is 1.50 bits per heavy atom. The van der Waals surface area contributed by atoms with Crippen molar-refractivity contribution in [1.29, 1.82) is 0 Å². The normalized spacial score (nSPS) is 27.4. The largest absolute Gasteiger partial charge is 0.461 e. The summed E-state index contributed by atoms with van der Waals surface area (Å²) in [6.45, 7) is 2.28. The molecule has 0 aromatic heterocycles. The van der Waals surface area contributed by atoms with E-state index in [0.717, 1.165) is 30.6 Å². The lowest BCUT2D eigenvalue weighted by Crippen LogP contribution is -2.33. The fraction of sp³-hybridized carbons (Fsp3) is 0.680. The van der Waals surface area contributed by atoms with Gasteiger partial charge in [-0.3, -0.25) is 0 Å². The van der Waals surface area contributed by atoms with Crippen LogP contribution in [0.15, 0.2) is 24.3 Å². The van der Waals surface area contributed by atoms with Crippen LogP contribution in [-0.4, -0.2) is 12.5 Å². The molecule has 0 N–H and O–H groups in total. The molecular formula is C25H32F4O. The Labute approximate surface area is 177 Å². The summed E-state index contributed by atoms with van der Waals surface area (Å²) in [5.41, 5.74) is 0.680. The summed E-state index contributed by atoms with van der Waals surface area (Å²) in [4.78, 5) is 0. The smallest absolute Gasteiger partial charge is 0.428 e. The molecule has 2 fully saturated rings. The minimum atomic E-state index is -4.49. The molecule has 0 spiro atoms. The highest BCUT2D eigenvalue weighted by Crippen LogP contribution is 2.42. The van der Waals surface area contributed by atoms with Crippen LogP contribution in [-0.2, 0) is 0 Å². The van der Waals surface area contributed by atoms with Crippen molar-refractivity contribution >= 4 is 0 Å². The van der Waals surface area contributed by atoms with Gasteiger partial charge in [0.25, 0.3) is 0 Å². The van der Waals surface area contributed by atoms with Crippen LogP contribution in [0.25, 0.3) is 0 Å². The van der Waals surface area contributed by atoms with Gasteiger partial charge in [-0.15, -0.1) is 0 Å². The maximum atomic E-state index is 12.9. The zero-order valence-electron chi connectivity index (χ0n) is 17.7. The van der Waals surface area contributed by atoms with Crippen LogP contribution < -0.4 is 4.74 Å². The predicted octanol–water partition coefficient (Wildman–Crippen LogP) is 7.69. The Balaban J connectivity index is 1.45. The first-order valence-corrected chi connectivity index (χ1v) is 11.3. The zero-order valence-corrected chi connectivity index (χ0v) is 17.7. The first-order valence-electron chi connectivity index (χ1n) is 11.3. The third-order valence-corrected chi connectivity index (χ3v) is 6.81. The van der Waals surface area contributed by atoms with E-state index in [1.807, 2.05) is 0 Å². The molecular weight excluding hydrogens is 392 g/mol. The summed E-state index contributed by atoms with van der Waals surface area (Å²) in [6, 6.07) is 5.58. The Morgan fingerprint density at radius 3 is 2.03 bits per heavy atom. The van der Waals surface area contributed by atoms with E-state index < -0.39 is 12.5 Å². The van der Waals surface area contributed by atoms with Gasteiger partial charge in [-0.25, -0.2) is 0 Å². The van der Waals surface area contributed by atoms with Gasteiger partial charge < -0.3 is 4.74 Å². The number of hydrogen-bond donors (Lipinski definition) is 0. The maximum Gasteiger partial charge on any atom is 0.461 e. The third-order valence-electron chi connectivity index (χ3n) is 6.81. The molecule has 2 aliphatic rings. The molecule has 0 amide bonds.